The first-order valence-corrected chi connectivity index (χ1v) is 8.95. The smallest absolute Gasteiger partial charge is 0.262 e. The van der Waals surface area contributed by atoms with Crippen LogP contribution in [-0.2, 0) is 0 Å². The highest BCUT2D eigenvalue weighted by Crippen LogP contribution is 2.29. The number of halogens is 1. The van der Waals surface area contributed by atoms with E-state index in [1.807, 2.05) is 47.2 Å². The van der Waals surface area contributed by atoms with Crippen LogP contribution in [0.25, 0.3) is 16.8 Å². The Morgan fingerprint density at radius 1 is 1.15 bits per heavy atom. The molecule has 0 fully saturated rings. The van der Waals surface area contributed by atoms with Crippen LogP contribution in [0.2, 0.25) is 0 Å². The van der Waals surface area contributed by atoms with E-state index in [0.29, 0.717) is 10.7 Å². The summed E-state index contributed by atoms with van der Waals surface area (Å²) in [5, 5.41) is 13.1. The lowest BCUT2D eigenvalue weighted by Crippen LogP contribution is -2.27. The summed E-state index contributed by atoms with van der Waals surface area (Å²) in [6.45, 7) is 1.87. The Morgan fingerprint density at radius 3 is 2.77 bits per heavy atom. The van der Waals surface area contributed by atoms with Crippen LogP contribution in [0.3, 0.4) is 0 Å². The number of thiophene rings is 1. The van der Waals surface area contributed by atoms with E-state index in [9.17, 15) is 9.18 Å². The molecule has 7 heteroatoms. The first kappa shape index (κ1) is 16.4. The van der Waals surface area contributed by atoms with Gasteiger partial charge in [0.15, 0.2) is 11.5 Å². The van der Waals surface area contributed by atoms with Crippen molar-refractivity contribution in [3.63, 3.8) is 0 Å². The highest BCUT2D eigenvalue weighted by atomic mass is 32.1. The fraction of sp³-hybridized carbons (Fsp3) is 0.105. The summed E-state index contributed by atoms with van der Waals surface area (Å²) in [4.78, 5) is 13.4. The maximum Gasteiger partial charge on any atom is 0.262 e. The van der Waals surface area contributed by atoms with E-state index in [-0.39, 0.29) is 17.8 Å². The summed E-state index contributed by atoms with van der Waals surface area (Å²) in [7, 11) is 0. The summed E-state index contributed by atoms with van der Waals surface area (Å²) < 4.78 is 15.0. The minimum Gasteiger partial charge on any atom is -0.342 e. The number of carbonyl (C=O) groups is 1. The molecule has 1 N–H and O–H groups in total. The summed E-state index contributed by atoms with van der Waals surface area (Å²) in [5.74, 6) is 0.163. The number of hydrogen-bond donors (Lipinski definition) is 1. The molecule has 0 saturated heterocycles. The summed E-state index contributed by atoms with van der Waals surface area (Å²) in [6.07, 6.45) is 1.86. The lowest BCUT2D eigenvalue weighted by Gasteiger charge is -2.12. The topological polar surface area (TPSA) is 59.3 Å². The number of rotatable bonds is 4. The summed E-state index contributed by atoms with van der Waals surface area (Å²) >= 11 is 1.35. The molecular weight excluding hydrogens is 351 g/mol. The van der Waals surface area contributed by atoms with Gasteiger partial charge in [-0.1, -0.05) is 18.2 Å². The van der Waals surface area contributed by atoms with E-state index in [2.05, 4.69) is 15.5 Å². The molecule has 0 saturated carbocycles. The first-order valence-electron chi connectivity index (χ1n) is 8.07. The maximum absolute atomic E-state index is 13.2. The van der Waals surface area contributed by atoms with E-state index < -0.39 is 0 Å². The largest absolute Gasteiger partial charge is 0.342 e. The minimum atomic E-state index is -0.317. The maximum atomic E-state index is 13.2. The van der Waals surface area contributed by atoms with Gasteiger partial charge in [0, 0.05) is 11.8 Å². The van der Waals surface area contributed by atoms with E-state index in [1.165, 1.54) is 23.5 Å². The Balaban J connectivity index is 1.59. The zero-order valence-electron chi connectivity index (χ0n) is 13.9. The SMILES string of the molecule is CC(NC(=O)c1sccc1-c1ccc(F)cc1)c1nnc2ccccn12. The number of amides is 1. The second-order valence-corrected chi connectivity index (χ2v) is 6.77. The van der Waals surface area contributed by atoms with Crippen LogP contribution in [0.15, 0.2) is 60.1 Å². The van der Waals surface area contributed by atoms with Crippen LogP contribution in [0.1, 0.15) is 28.5 Å². The average Bonchev–Trinajstić information content (AvgIpc) is 3.29. The van der Waals surface area contributed by atoms with Gasteiger partial charge in [0.25, 0.3) is 5.91 Å². The molecule has 0 radical (unpaired) electrons. The monoisotopic (exact) mass is 366 g/mol. The molecule has 1 atom stereocenters. The van der Waals surface area contributed by atoms with Gasteiger partial charge in [0.2, 0.25) is 0 Å². The molecule has 3 heterocycles. The Morgan fingerprint density at radius 2 is 1.96 bits per heavy atom. The van der Waals surface area contributed by atoms with Crippen molar-refractivity contribution in [3.05, 3.63) is 76.6 Å². The van der Waals surface area contributed by atoms with Crippen LogP contribution in [0.5, 0.6) is 0 Å². The van der Waals surface area contributed by atoms with Crippen LogP contribution < -0.4 is 5.32 Å². The van der Waals surface area contributed by atoms with Crippen molar-refractivity contribution in [2.45, 2.75) is 13.0 Å². The van der Waals surface area contributed by atoms with Crippen LogP contribution >= 0.6 is 11.3 Å². The molecule has 0 spiro atoms. The molecule has 0 aliphatic heterocycles. The van der Waals surface area contributed by atoms with Crippen molar-refractivity contribution in [1.29, 1.82) is 0 Å². The molecular formula is C19H15FN4OS. The molecule has 0 aliphatic carbocycles. The number of pyridine rings is 1. The number of hydrogen-bond acceptors (Lipinski definition) is 4. The van der Waals surface area contributed by atoms with Gasteiger partial charge in [-0.25, -0.2) is 4.39 Å². The van der Waals surface area contributed by atoms with Crippen molar-refractivity contribution in [1.82, 2.24) is 19.9 Å². The van der Waals surface area contributed by atoms with E-state index in [1.54, 1.807) is 12.1 Å². The van der Waals surface area contributed by atoms with E-state index in [0.717, 1.165) is 16.8 Å². The first-order chi connectivity index (χ1) is 12.6. The molecule has 130 valence electrons. The number of nitrogens with one attached hydrogen (secondary N) is 1. The van der Waals surface area contributed by atoms with Crippen molar-refractivity contribution >= 4 is 22.9 Å². The minimum absolute atomic E-state index is 0.195. The number of carbonyl (C=O) groups excluding carboxylic acids is 1. The molecule has 0 aliphatic rings. The van der Waals surface area contributed by atoms with Gasteiger partial charge < -0.3 is 5.32 Å². The van der Waals surface area contributed by atoms with Crippen LogP contribution in [0, 0.1) is 5.82 Å². The quantitative estimate of drug-likeness (QED) is 0.592. The van der Waals surface area contributed by atoms with Gasteiger partial charge in [0.05, 0.1) is 10.9 Å². The molecule has 1 unspecified atom stereocenters. The van der Waals surface area contributed by atoms with E-state index in [4.69, 9.17) is 0 Å². The predicted molar refractivity (Wildman–Crippen MR) is 98.6 cm³/mol. The number of nitrogens with zero attached hydrogens (tertiary/aromatic N) is 3. The van der Waals surface area contributed by atoms with Gasteiger partial charge in [-0.3, -0.25) is 9.20 Å². The van der Waals surface area contributed by atoms with Crippen LogP contribution in [-0.4, -0.2) is 20.5 Å². The third kappa shape index (κ3) is 2.97. The standard InChI is InChI=1S/C19H15FN4OS/c1-12(18-23-22-16-4-2-3-10-24(16)18)21-19(25)17-15(9-11-26-17)13-5-7-14(20)8-6-13/h2-12H,1H3,(H,21,25). The summed E-state index contributed by atoms with van der Waals surface area (Å²) in [5.41, 5.74) is 2.32. The third-order valence-corrected chi connectivity index (χ3v) is 5.01. The number of benzene rings is 1. The molecule has 1 amide bonds. The van der Waals surface area contributed by atoms with Crippen molar-refractivity contribution < 1.29 is 9.18 Å². The Labute approximate surface area is 153 Å². The zero-order valence-corrected chi connectivity index (χ0v) is 14.7. The molecule has 0 bridgehead atoms. The zero-order chi connectivity index (χ0) is 18.1. The molecule has 4 rings (SSSR count). The Kier molecular flexibility index (Phi) is 4.22. The molecule has 5 nitrogen and oxygen atoms in total. The van der Waals surface area contributed by atoms with E-state index >= 15 is 0 Å². The van der Waals surface area contributed by atoms with Crippen molar-refractivity contribution in [2.75, 3.05) is 0 Å². The van der Waals surface area contributed by atoms with Gasteiger partial charge in [-0.2, -0.15) is 0 Å². The van der Waals surface area contributed by atoms with Gasteiger partial charge in [-0.15, -0.1) is 21.5 Å². The van der Waals surface area contributed by atoms with Crippen LogP contribution in [0.4, 0.5) is 4.39 Å². The van der Waals surface area contributed by atoms with Gasteiger partial charge >= 0.3 is 0 Å². The second kappa shape index (κ2) is 6.68. The van der Waals surface area contributed by atoms with Crippen molar-refractivity contribution in [3.8, 4) is 11.1 Å². The fourth-order valence-electron chi connectivity index (χ4n) is 2.82. The molecule has 4 aromatic rings. The fourth-order valence-corrected chi connectivity index (χ4v) is 3.64. The lowest BCUT2D eigenvalue weighted by atomic mass is 10.1. The second-order valence-electron chi connectivity index (χ2n) is 5.85. The molecule has 3 aromatic heterocycles. The van der Waals surface area contributed by atoms with Crippen molar-refractivity contribution in [2.24, 2.45) is 0 Å². The molecule has 26 heavy (non-hydrogen) atoms. The van der Waals surface area contributed by atoms with Gasteiger partial charge in [0.1, 0.15) is 5.82 Å². The third-order valence-electron chi connectivity index (χ3n) is 4.10. The highest BCUT2D eigenvalue weighted by Gasteiger charge is 2.20. The predicted octanol–water partition coefficient (Wildman–Crippen LogP) is 4.09. The lowest BCUT2D eigenvalue weighted by molar-refractivity contribution is 0.0943. The van der Waals surface area contributed by atoms with Gasteiger partial charge in [-0.05, 0) is 48.2 Å². The number of fused-ring (bicyclic) bond motifs is 1. The molecule has 1 aromatic carbocycles. The normalized spacial score (nSPS) is 12.2. The number of aromatic nitrogens is 3. The Bertz CT molecular complexity index is 1070. The Hall–Kier alpha value is -3.06. The average molecular weight is 366 g/mol. The summed E-state index contributed by atoms with van der Waals surface area (Å²) in [6, 6.07) is 13.3. The highest BCUT2D eigenvalue weighted by molar-refractivity contribution is 7.12.